The van der Waals surface area contributed by atoms with E-state index in [0.29, 0.717) is 13.1 Å². The van der Waals surface area contributed by atoms with Gasteiger partial charge in [0, 0.05) is 30.4 Å². The van der Waals surface area contributed by atoms with Crippen molar-refractivity contribution < 1.29 is 8.42 Å². The van der Waals surface area contributed by atoms with Crippen molar-refractivity contribution in [3.63, 3.8) is 0 Å². The van der Waals surface area contributed by atoms with Gasteiger partial charge in [-0.05, 0) is 44.9 Å². The van der Waals surface area contributed by atoms with Crippen LogP contribution in [0.1, 0.15) is 46.0 Å². The van der Waals surface area contributed by atoms with Crippen LogP contribution in [-0.4, -0.2) is 55.4 Å². The second kappa shape index (κ2) is 7.64. The maximum absolute atomic E-state index is 12.6. The summed E-state index contributed by atoms with van der Waals surface area (Å²) in [7, 11) is -3.36. The van der Waals surface area contributed by atoms with E-state index in [9.17, 15) is 8.42 Å². The Kier molecular flexibility index (Phi) is 6.38. The molecule has 21 heavy (non-hydrogen) atoms. The fourth-order valence-electron chi connectivity index (χ4n) is 3.11. The minimum atomic E-state index is -3.36. The standard InChI is InChI=1S/C14H29N3O2S2/c1-3-15-11-13-7-4-5-9-17(13)21(18,19)16-12-14(2)8-6-10-20-14/h13,15-16H,3-12H2,1-2H3. The van der Waals surface area contributed by atoms with Gasteiger partial charge in [0.1, 0.15) is 0 Å². The van der Waals surface area contributed by atoms with E-state index >= 15 is 0 Å². The van der Waals surface area contributed by atoms with Crippen LogP contribution < -0.4 is 10.0 Å². The van der Waals surface area contributed by atoms with E-state index < -0.39 is 10.2 Å². The molecule has 2 saturated heterocycles. The van der Waals surface area contributed by atoms with Crippen molar-refractivity contribution in [2.45, 2.75) is 56.7 Å². The third-order valence-electron chi connectivity index (χ3n) is 4.44. The number of hydrogen-bond donors (Lipinski definition) is 2. The first-order chi connectivity index (χ1) is 9.97. The van der Waals surface area contributed by atoms with Crippen molar-refractivity contribution in [2.24, 2.45) is 0 Å². The first-order valence-electron chi connectivity index (χ1n) is 8.08. The van der Waals surface area contributed by atoms with E-state index in [4.69, 9.17) is 0 Å². The van der Waals surface area contributed by atoms with Crippen molar-refractivity contribution in [2.75, 3.05) is 31.9 Å². The quantitative estimate of drug-likeness (QED) is 0.741. The van der Waals surface area contributed by atoms with E-state index in [0.717, 1.165) is 44.5 Å². The molecule has 5 nitrogen and oxygen atoms in total. The van der Waals surface area contributed by atoms with Crippen molar-refractivity contribution in [3.8, 4) is 0 Å². The van der Waals surface area contributed by atoms with E-state index in [2.05, 4.69) is 23.9 Å². The largest absolute Gasteiger partial charge is 0.315 e. The number of piperidine rings is 1. The number of hydrogen-bond acceptors (Lipinski definition) is 4. The molecule has 2 aliphatic heterocycles. The molecular weight excluding hydrogens is 306 g/mol. The van der Waals surface area contributed by atoms with E-state index in [1.54, 1.807) is 4.31 Å². The molecule has 7 heteroatoms. The summed E-state index contributed by atoms with van der Waals surface area (Å²) < 4.78 is 29.9. The second-order valence-electron chi connectivity index (χ2n) is 6.30. The Morgan fingerprint density at radius 2 is 2.14 bits per heavy atom. The lowest BCUT2D eigenvalue weighted by Gasteiger charge is -2.35. The molecule has 2 atom stereocenters. The topological polar surface area (TPSA) is 61.4 Å². The lowest BCUT2D eigenvalue weighted by atomic mass is 10.1. The molecule has 0 aromatic carbocycles. The van der Waals surface area contributed by atoms with Gasteiger partial charge in [-0.3, -0.25) is 0 Å². The first kappa shape index (κ1) is 17.5. The van der Waals surface area contributed by atoms with Crippen LogP contribution in [0.15, 0.2) is 0 Å². The van der Waals surface area contributed by atoms with E-state index in [1.807, 2.05) is 11.8 Å². The van der Waals surface area contributed by atoms with Crippen LogP contribution in [0.3, 0.4) is 0 Å². The Labute approximate surface area is 133 Å². The highest BCUT2D eigenvalue weighted by Crippen LogP contribution is 2.37. The molecule has 2 unspecified atom stereocenters. The maximum atomic E-state index is 12.6. The van der Waals surface area contributed by atoms with Gasteiger partial charge in [0.15, 0.2) is 0 Å². The van der Waals surface area contributed by atoms with Gasteiger partial charge in [-0.2, -0.15) is 24.5 Å². The number of thioether (sulfide) groups is 1. The normalized spacial score (nSPS) is 31.6. The Bertz CT molecular complexity index is 422. The summed E-state index contributed by atoms with van der Waals surface area (Å²) in [5, 5.41) is 3.29. The lowest BCUT2D eigenvalue weighted by molar-refractivity contribution is 0.243. The van der Waals surface area contributed by atoms with E-state index in [-0.39, 0.29) is 10.8 Å². The van der Waals surface area contributed by atoms with Gasteiger partial charge in [0.2, 0.25) is 0 Å². The first-order valence-corrected chi connectivity index (χ1v) is 10.5. The van der Waals surface area contributed by atoms with Crippen LogP contribution in [0.4, 0.5) is 0 Å². The molecule has 0 amide bonds. The van der Waals surface area contributed by atoms with Crippen LogP contribution in [-0.2, 0) is 10.2 Å². The van der Waals surface area contributed by atoms with Gasteiger partial charge in [0.05, 0.1) is 0 Å². The maximum Gasteiger partial charge on any atom is 0.279 e. The van der Waals surface area contributed by atoms with Crippen molar-refractivity contribution in [3.05, 3.63) is 0 Å². The zero-order valence-electron chi connectivity index (χ0n) is 13.2. The number of nitrogens with one attached hydrogen (secondary N) is 2. The monoisotopic (exact) mass is 335 g/mol. The molecule has 0 aromatic heterocycles. The predicted octanol–water partition coefficient (Wildman–Crippen LogP) is 1.57. The molecule has 2 rings (SSSR count). The highest BCUT2D eigenvalue weighted by Gasteiger charge is 2.35. The highest BCUT2D eigenvalue weighted by molar-refractivity contribution is 8.00. The Hall–Kier alpha value is 0.180. The second-order valence-corrected chi connectivity index (χ2v) is 9.69. The molecule has 0 aliphatic carbocycles. The minimum Gasteiger partial charge on any atom is -0.315 e. The molecule has 0 radical (unpaired) electrons. The number of likely N-dealkylation sites (N-methyl/N-ethyl adjacent to an activating group) is 1. The van der Waals surface area contributed by atoms with Gasteiger partial charge in [-0.25, -0.2) is 4.72 Å². The summed E-state index contributed by atoms with van der Waals surface area (Å²) in [4.78, 5) is 0. The summed E-state index contributed by atoms with van der Waals surface area (Å²) >= 11 is 1.89. The SMILES string of the molecule is CCNCC1CCCCN1S(=O)(=O)NCC1(C)CCCS1. The third kappa shape index (κ3) is 4.82. The summed E-state index contributed by atoms with van der Waals surface area (Å²) in [6, 6.07) is 0.0974. The van der Waals surface area contributed by atoms with Gasteiger partial charge >= 0.3 is 0 Å². The molecule has 2 aliphatic rings. The average molecular weight is 336 g/mol. The summed E-state index contributed by atoms with van der Waals surface area (Å²) in [5.74, 6) is 1.14. The van der Waals surface area contributed by atoms with Gasteiger partial charge in [-0.15, -0.1) is 0 Å². The van der Waals surface area contributed by atoms with Crippen LogP contribution >= 0.6 is 11.8 Å². The molecule has 0 aromatic rings. The Morgan fingerprint density at radius 3 is 2.81 bits per heavy atom. The van der Waals surface area contributed by atoms with Crippen LogP contribution in [0.5, 0.6) is 0 Å². The van der Waals surface area contributed by atoms with Crippen LogP contribution in [0, 0.1) is 0 Å². The molecule has 0 saturated carbocycles. The third-order valence-corrected chi connectivity index (χ3v) is 7.59. The predicted molar refractivity (Wildman–Crippen MR) is 89.9 cm³/mol. The molecular formula is C14H29N3O2S2. The van der Waals surface area contributed by atoms with Gasteiger partial charge < -0.3 is 5.32 Å². The fraction of sp³-hybridized carbons (Fsp3) is 1.00. The van der Waals surface area contributed by atoms with Crippen LogP contribution in [0.2, 0.25) is 0 Å². The van der Waals surface area contributed by atoms with Crippen molar-refractivity contribution >= 4 is 22.0 Å². The van der Waals surface area contributed by atoms with Gasteiger partial charge in [-0.1, -0.05) is 13.3 Å². The zero-order chi connectivity index (χ0) is 15.3. The van der Waals surface area contributed by atoms with Crippen molar-refractivity contribution in [1.82, 2.24) is 14.3 Å². The Balaban J connectivity index is 1.95. The highest BCUT2D eigenvalue weighted by atomic mass is 32.2. The Morgan fingerprint density at radius 1 is 1.33 bits per heavy atom. The lowest BCUT2D eigenvalue weighted by Crippen LogP contribution is -2.53. The average Bonchev–Trinajstić information content (AvgIpc) is 2.91. The molecule has 2 fully saturated rings. The van der Waals surface area contributed by atoms with Gasteiger partial charge in [0.25, 0.3) is 10.2 Å². The molecule has 2 N–H and O–H groups in total. The smallest absolute Gasteiger partial charge is 0.279 e. The fourth-order valence-corrected chi connectivity index (χ4v) is 6.05. The molecule has 0 spiro atoms. The number of nitrogens with zero attached hydrogens (tertiary/aromatic N) is 1. The number of rotatable bonds is 7. The molecule has 2 heterocycles. The molecule has 0 bridgehead atoms. The molecule has 124 valence electrons. The summed E-state index contributed by atoms with van der Waals surface area (Å²) in [6.07, 6.45) is 5.34. The zero-order valence-corrected chi connectivity index (χ0v) is 14.9. The van der Waals surface area contributed by atoms with E-state index in [1.165, 1.54) is 6.42 Å². The summed E-state index contributed by atoms with van der Waals surface area (Å²) in [5.41, 5.74) is 0. The summed E-state index contributed by atoms with van der Waals surface area (Å²) in [6.45, 7) is 7.05. The van der Waals surface area contributed by atoms with Crippen molar-refractivity contribution in [1.29, 1.82) is 0 Å². The minimum absolute atomic E-state index is 0.0695. The van der Waals surface area contributed by atoms with Crippen LogP contribution in [0.25, 0.3) is 0 Å².